The number of allylic oxidation sites excluding steroid dienone is 4. The minimum absolute atomic E-state index is 0.586. The molecule has 2 aliphatic rings. The summed E-state index contributed by atoms with van der Waals surface area (Å²) in [6.07, 6.45) is 10.5. The molecular weight excluding hydrogens is 445 g/mol. The predicted octanol–water partition coefficient (Wildman–Crippen LogP) is 7.86. The Hall–Kier alpha value is -1.000. The molecule has 3 rings (SSSR count). The summed E-state index contributed by atoms with van der Waals surface area (Å²) in [5, 5.41) is 1.27. The molecule has 0 N–H and O–H groups in total. The number of hydrogen-bond donors (Lipinski definition) is 0. The molecule has 1 aliphatic heterocycles. The van der Waals surface area contributed by atoms with E-state index in [0.29, 0.717) is 26.4 Å². The van der Waals surface area contributed by atoms with Crippen molar-refractivity contribution in [3.8, 4) is 0 Å². The minimum atomic E-state index is 0.586. The minimum Gasteiger partial charge on any atom is -0.303 e. The topological polar surface area (TPSA) is 20.3 Å². The molecule has 170 valence electrons. The Labute approximate surface area is 202 Å². The Morgan fingerprint density at radius 3 is 2.61 bits per heavy atom. The number of benzene rings is 1. The third kappa shape index (κ3) is 8.46. The zero-order valence-electron chi connectivity index (χ0n) is 19.4. The fourth-order valence-corrected chi connectivity index (χ4v) is 6.30. The lowest BCUT2D eigenvalue weighted by Crippen LogP contribution is -2.33. The lowest BCUT2D eigenvalue weighted by molar-refractivity contribution is -0.104. The van der Waals surface area contributed by atoms with Crippen LogP contribution >= 0.6 is 35.0 Å². The summed E-state index contributed by atoms with van der Waals surface area (Å²) >= 11 is 13.5. The van der Waals surface area contributed by atoms with Crippen molar-refractivity contribution in [1.82, 2.24) is 4.90 Å². The number of rotatable bonds is 6. The van der Waals surface area contributed by atoms with Gasteiger partial charge in [-0.3, -0.25) is 4.79 Å². The normalized spacial score (nSPS) is 25.3. The lowest BCUT2D eigenvalue weighted by Gasteiger charge is -2.39. The maximum atomic E-state index is 10.4. The Morgan fingerprint density at radius 2 is 2.00 bits per heavy atom. The van der Waals surface area contributed by atoms with E-state index in [4.69, 9.17) is 23.2 Å². The van der Waals surface area contributed by atoms with Gasteiger partial charge >= 0.3 is 0 Å². The molecular formula is C26H35Cl2NOS. The van der Waals surface area contributed by atoms with Gasteiger partial charge in [0.1, 0.15) is 6.29 Å². The van der Waals surface area contributed by atoms with E-state index in [1.54, 1.807) is 30.8 Å². The number of thioether (sulfide) groups is 1. The molecule has 1 aromatic rings. The average Bonchev–Trinajstić information content (AvgIpc) is 2.87. The van der Waals surface area contributed by atoms with Gasteiger partial charge in [-0.15, -0.1) is 11.8 Å². The van der Waals surface area contributed by atoms with Crippen molar-refractivity contribution in [1.29, 1.82) is 0 Å². The third-order valence-electron chi connectivity index (χ3n) is 5.86. The largest absolute Gasteiger partial charge is 0.303 e. The number of aldehydes is 1. The van der Waals surface area contributed by atoms with Gasteiger partial charge in [-0.05, 0) is 73.4 Å². The van der Waals surface area contributed by atoms with Gasteiger partial charge in [-0.1, -0.05) is 68.8 Å². The van der Waals surface area contributed by atoms with Gasteiger partial charge in [0.05, 0.1) is 5.02 Å². The number of carbonyl (C=O) groups is 1. The highest BCUT2D eigenvalue weighted by molar-refractivity contribution is 7.99. The maximum absolute atomic E-state index is 10.4. The molecule has 1 saturated carbocycles. The highest BCUT2D eigenvalue weighted by Gasteiger charge is 2.48. The Balaban J connectivity index is 0.000000242. The zero-order valence-corrected chi connectivity index (χ0v) is 21.7. The second kappa shape index (κ2) is 11.2. The molecule has 0 radical (unpaired) electrons. The third-order valence-corrected chi connectivity index (χ3v) is 7.70. The van der Waals surface area contributed by atoms with Crippen molar-refractivity contribution in [2.24, 2.45) is 10.8 Å². The Bertz CT molecular complexity index is 857. The van der Waals surface area contributed by atoms with E-state index in [-0.39, 0.29) is 0 Å². The number of fused-ring (bicyclic) bond motifs is 2. The molecule has 0 spiro atoms. The van der Waals surface area contributed by atoms with Crippen LogP contribution in [0.2, 0.25) is 10.0 Å². The van der Waals surface area contributed by atoms with Crippen molar-refractivity contribution in [3.05, 3.63) is 64.2 Å². The first kappa shape index (κ1) is 26.3. The van der Waals surface area contributed by atoms with E-state index < -0.39 is 0 Å². The maximum Gasteiger partial charge on any atom is 0.145 e. The second-order valence-electron chi connectivity index (χ2n) is 10.0. The summed E-state index contributed by atoms with van der Waals surface area (Å²) in [7, 11) is 2.29. The molecule has 1 saturated heterocycles. The molecule has 2 unspecified atom stereocenters. The van der Waals surface area contributed by atoms with Crippen molar-refractivity contribution < 1.29 is 4.79 Å². The van der Waals surface area contributed by atoms with E-state index in [9.17, 15) is 4.79 Å². The van der Waals surface area contributed by atoms with Crippen LogP contribution in [0.25, 0.3) is 0 Å². The standard InChI is InChI=1S/C15H14Cl2OS.C11H21N/c1-11(9-18)4-3-5-12(2)10-19-15-7-6-13(16)8-14(15)17;1-10(2)5-9-6-11(3,7-10)8-12(9)4/h3-9H,2,10H2,1H3;9H,5-8H2,1-4H3/b5-3-,11-4+;. The zero-order chi connectivity index (χ0) is 23.2. The van der Waals surface area contributed by atoms with E-state index in [1.165, 1.54) is 25.8 Å². The number of carbonyl (C=O) groups excluding carboxylic acids is 1. The number of hydrogen-bond acceptors (Lipinski definition) is 3. The van der Waals surface area contributed by atoms with Crippen LogP contribution in [0.3, 0.4) is 0 Å². The van der Waals surface area contributed by atoms with Gasteiger partial charge in [0, 0.05) is 28.3 Å². The first-order valence-corrected chi connectivity index (χ1v) is 12.4. The molecule has 2 bridgehead atoms. The highest BCUT2D eigenvalue weighted by Crippen LogP contribution is 2.51. The van der Waals surface area contributed by atoms with Gasteiger partial charge < -0.3 is 4.90 Å². The first-order chi connectivity index (χ1) is 14.4. The quantitative estimate of drug-likeness (QED) is 0.179. The van der Waals surface area contributed by atoms with E-state index in [1.807, 2.05) is 24.3 Å². The van der Waals surface area contributed by atoms with Gasteiger partial charge in [-0.25, -0.2) is 0 Å². The summed E-state index contributed by atoms with van der Waals surface area (Å²) in [6.45, 7) is 14.3. The SMILES string of the molecule is C=C(/C=C\C=C(/C)C=O)CSc1ccc(Cl)cc1Cl.CN1CC2(C)CC1CC(C)(C)C2. The molecule has 2 fully saturated rings. The molecule has 2 atom stereocenters. The first-order valence-electron chi connectivity index (χ1n) is 10.7. The second-order valence-corrected chi connectivity index (χ2v) is 11.9. The van der Waals surface area contributed by atoms with E-state index >= 15 is 0 Å². The van der Waals surface area contributed by atoms with Crippen molar-refractivity contribution >= 4 is 41.2 Å². The van der Waals surface area contributed by atoms with Crippen LogP contribution in [0.5, 0.6) is 0 Å². The molecule has 1 aliphatic carbocycles. The fourth-order valence-electron chi connectivity index (χ4n) is 4.93. The Morgan fingerprint density at radius 1 is 1.29 bits per heavy atom. The van der Waals surface area contributed by atoms with E-state index in [0.717, 1.165) is 28.5 Å². The fraction of sp³-hybridized carbons (Fsp3) is 0.500. The summed E-state index contributed by atoms with van der Waals surface area (Å²) < 4.78 is 0. The smallest absolute Gasteiger partial charge is 0.145 e. The molecule has 2 nitrogen and oxygen atoms in total. The van der Waals surface area contributed by atoms with Crippen LogP contribution in [0.1, 0.15) is 47.0 Å². The van der Waals surface area contributed by atoms with Crippen LogP contribution < -0.4 is 0 Å². The number of nitrogens with zero attached hydrogens (tertiary/aromatic N) is 1. The van der Waals surface area contributed by atoms with Crippen LogP contribution in [-0.4, -0.2) is 36.6 Å². The molecule has 1 heterocycles. The van der Waals surface area contributed by atoms with Crippen LogP contribution in [0.15, 0.2) is 59.0 Å². The van der Waals surface area contributed by atoms with Crippen LogP contribution in [0, 0.1) is 10.8 Å². The molecule has 5 heteroatoms. The van der Waals surface area contributed by atoms with Crippen molar-refractivity contribution in [2.45, 2.75) is 57.9 Å². The van der Waals surface area contributed by atoms with Gasteiger partial charge in [0.2, 0.25) is 0 Å². The predicted molar refractivity (Wildman–Crippen MR) is 137 cm³/mol. The Kier molecular flexibility index (Phi) is 9.51. The summed E-state index contributed by atoms with van der Waals surface area (Å²) in [4.78, 5) is 13.9. The monoisotopic (exact) mass is 479 g/mol. The van der Waals surface area contributed by atoms with Gasteiger partial charge in [0.15, 0.2) is 0 Å². The van der Waals surface area contributed by atoms with Crippen LogP contribution in [0.4, 0.5) is 0 Å². The number of likely N-dealkylation sites (tertiary alicyclic amines) is 1. The number of halogens is 2. The lowest BCUT2D eigenvalue weighted by atomic mass is 9.65. The molecule has 31 heavy (non-hydrogen) atoms. The summed E-state index contributed by atoms with van der Waals surface area (Å²) in [5.41, 5.74) is 2.84. The molecule has 0 aromatic heterocycles. The van der Waals surface area contributed by atoms with E-state index in [2.05, 4.69) is 39.3 Å². The van der Waals surface area contributed by atoms with Gasteiger partial charge in [-0.2, -0.15) is 0 Å². The van der Waals surface area contributed by atoms with Crippen molar-refractivity contribution in [2.75, 3.05) is 19.3 Å². The summed E-state index contributed by atoms with van der Waals surface area (Å²) in [5.74, 6) is 0.728. The summed E-state index contributed by atoms with van der Waals surface area (Å²) in [6, 6.07) is 6.30. The molecule has 0 amide bonds. The van der Waals surface area contributed by atoms with Gasteiger partial charge in [0.25, 0.3) is 0 Å². The average molecular weight is 481 g/mol. The van der Waals surface area contributed by atoms with Crippen LogP contribution in [-0.2, 0) is 4.79 Å². The van der Waals surface area contributed by atoms with Crippen molar-refractivity contribution in [3.63, 3.8) is 0 Å². The molecule has 1 aromatic carbocycles. The highest BCUT2D eigenvalue weighted by atomic mass is 35.5.